The molecule has 4 rings (SSSR count). The van der Waals surface area contributed by atoms with Crippen molar-refractivity contribution < 1.29 is 13.9 Å². The number of hydrogen-bond donors (Lipinski definition) is 1. The van der Waals surface area contributed by atoms with Gasteiger partial charge in [-0.15, -0.1) is 24.8 Å². The minimum atomic E-state index is -0.492. The summed E-state index contributed by atoms with van der Waals surface area (Å²) in [6.07, 6.45) is 3.30. The molecule has 1 unspecified atom stereocenters. The molecule has 31 heavy (non-hydrogen) atoms. The van der Waals surface area contributed by atoms with Crippen LogP contribution in [-0.4, -0.2) is 48.1 Å². The van der Waals surface area contributed by atoms with Crippen LogP contribution in [0.15, 0.2) is 73.1 Å². The number of halogens is 3. The lowest BCUT2D eigenvalue weighted by Crippen LogP contribution is -2.56. The molecule has 1 fully saturated rings. The quantitative estimate of drug-likeness (QED) is 0.615. The molecule has 0 saturated carbocycles. The SMILES string of the molecule is Cl.Cl.O=C(c1cccc(-c2ccccc2)c1F)N1CCNCC1COc1cccnc1. The van der Waals surface area contributed by atoms with Crippen LogP contribution in [0.2, 0.25) is 0 Å². The fraction of sp³-hybridized carbons (Fsp3) is 0.217. The molecule has 8 heteroatoms. The number of rotatable bonds is 5. The molecule has 0 bridgehead atoms. The summed E-state index contributed by atoms with van der Waals surface area (Å²) in [6.45, 7) is 2.06. The second-order valence-electron chi connectivity index (χ2n) is 6.89. The van der Waals surface area contributed by atoms with Gasteiger partial charge in [0.15, 0.2) is 0 Å². The first-order valence-electron chi connectivity index (χ1n) is 9.62. The van der Waals surface area contributed by atoms with Crippen molar-refractivity contribution in [2.45, 2.75) is 6.04 Å². The number of piperazine rings is 1. The number of nitrogens with one attached hydrogen (secondary N) is 1. The second-order valence-corrected chi connectivity index (χ2v) is 6.89. The molecular formula is C23H24Cl2FN3O2. The zero-order valence-electron chi connectivity index (χ0n) is 16.7. The third-order valence-corrected chi connectivity index (χ3v) is 5.00. The van der Waals surface area contributed by atoms with E-state index in [9.17, 15) is 4.79 Å². The Morgan fingerprint density at radius 3 is 2.65 bits per heavy atom. The molecule has 0 radical (unpaired) electrons. The van der Waals surface area contributed by atoms with Gasteiger partial charge in [0.2, 0.25) is 0 Å². The van der Waals surface area contributed by atoms with E-state index in [0.29, 0.717) is 37.6 Å². The average molecular weight is 464 g/mol. The molecule has 1 N–H and O–H groups in total. The molecule has 1 aliphatic heterocycles. The third-order valence-electron chi connectivity index (χ3n) is 5.00. The molecule has 1 amide bonds. The van der Waals surface area contributed by atoms with Crippen molar-refractivity contribution in [2.24, 2.45) is 0 Å². The summed E-state index contributed by atoms with van der Waals surface area (Å²) in [5.74, 6) is -0.168. The van der Waals surface area contributed by atoms with Crippen molar-refractivity contribution in [3.8, 4) is 16.9 Å². The van der Waals surface area contributed by atoms with Gasteiger partial charge >= 0.3 is 0 Å². The summed E-state index contributed by atoms with van der Waals surface area (Å²) in [4.78, 5) is 18.9. The number of pyridine rings is 1. The standard InChI is InChI=1S/C23H22FN3O2.2ClH/c24-22-20(17-6-2-1-3-7-17)9-4-10-21(22)23(28)27-13-12-26-14-18(27)16-29-19-8-5-11-25-15-19;;/h1-11,15,18,26H,12-14,16H2;2*1H. The van der Waals surface area contributed by atoms with E-state index in [1.165, 1.54) is 0 Å². The Hall–Kier alpha value is -2.67. The van der Waals surface area contributed by atoms with E-state index in [0.717, 1.165) is 5.56 Å². The number of amides is 1. The number of carbonyl (C=O) groups excluding carboxylic acids is 1. The van der Waals surface area contributed by atoms with E-state index in [-0.39, 0.29) is 42.3 Å². The number of carbonyl (C=O) groups is 1. The zero-order chi connectivity index (χ0) is 20.1. The Labute approximate surface area is 193 Å². The Balaban J connectivity index is 0.00000171. The minimum absolute atomic E-state index is 0. The van der Waals surface area contributed by atoms with Crippen LogP contribution in [0.3, 0.4) is 0 Å². The first-order valence-corrected chi connectivity index (χ1v) is 9.62. The molecular weight excluding hydrogens is 440 g/mol. The maximum atomic E-state index is 15.2. The van der Waals surface area contributed by atoms with Crippen LogP contribution in [0.25, 0.3) is 11.1 Å². The fourth-order valence-corrected chi connectivity index (χ4v) is 3.49. The summed E-state index contributed by atoms with van der Waals surface area (Å²) in [5, 5.41) is 3.28. The predicted octanol–water partition coefficient (Wildman–Crippen LogP) is 4.22. The zero-order valence-corrected chi connectivity index (χ0v) is 18.4. The fourth-order valence-electron chi connectivity index (χ4n) is 3.49. The van der Waals surface area contributed by atoms with Gasteiger partial charge in [-0.05, 0) is 23.8 Å². The highest BCUT2D eigenvalue weighted by atomic mass is 35.5. The topological polar surface area (TPSA) is 54.5 Å². The molecule has 1 aromatic heterocycles. The third kappa shape index (κ3) is 5.73. The molecule has 1 atom stereocenters. The Bertz CT molecular complexity index is 977. The molecule has 2 heterocycles. The van der Waals surface area contributed by atoms with Crippen LogP contribution < -0.4 is 10.1 Å². The van der Waals surface area contributed by atoms with Crippen molar-refractivity contribution in [1.29, 1.82) is 0 Å². The minimum Gasteiger partial charge on any atom is -0.490 e. The summed E-state index contributed by atoms with van der Waals surface area (Å²) in [6, 6.07) is 17.6. The van der Waals surface area contributed by atoms with Crippen molar-refractivity contribution in [1.82, 2.24) is 15.2 Å². The van der Waals surface area contributed by atoms with Crippen molar-refractivity contribution >= 4 is 30.7 Å². The van der Waals surface area contributed by atoms with E-state index in [1.54, 1.807) is 41.6 Å². The van der Waals surface area contributed by atoms with E-state index >= 15 is 4.39 Å². The molecule has 0 aliphatic carbocycles. The molecule has 1 aliphatic rings. The maximum absolute atomic E-state index is 15.2. The van der Waals surface area contributed by atoms with Crippen LogP contribution in [0.5, 0.6) is 5.75 Å². The highest BCUT2D eigenvalue weighted by Gasteiger charge is 2.30. The van der Waals surface area contributed by atoms with Gasteiger partial charge in [0.25, 0.3) is 5.91 Å². The number of benzene rings is 2. The largest absolute Gasteiger partial charge is 0.490 e. The lowest BCUT2D eigenvalue weighted by Gasteiger charge is -2.36. The number of ether oxygens (including phenoxy) is 1. The number of nitrogens with zero attached hydrogens (tertiary/aromatic N) is 2. The summed E-state index contributed by atoms with van der Waals surface area (Å²) in [5.41, 5.74) is 1.26. The van der Waals surface area contributed by atoms with Crippen LogP contribution in [0.4, 0.5) is 4.39 Å². The number of aromatic nitrogens is 1. The Kier molecular flexibility index (Phi) is 9.24. The number of hydrogen-bond acceptors (Lipinski definition) is 4. The molecule has 2 aromatic carbocycles. The van der Waals surface area contributed by atoms with Gasteiger partial charge in [-0.2, -0.15) is 0 Å². The van der Waals surface area contributed by atoms with Crippen LogP contribution in [0, 0.1) is 5.82 Å². The lowest BCUT2D eigenvalue weighted by molar-refractivity contribution is 0.0554. The highest BCUT2D eigenvalue weighted by molar-refractivity contribution is 5.96. The maximum Gasteiger partial charge on any atom is 0.257 e. The average Bonchev–Trinajstić information content (AvgIpc) is 2.79. The first kappa shape index (κ1) is 24.6. The summed E-state index contributed by atoms with van der Waals surface area (Å²) in [7, 11) is 0. The van der Waals surface area contributed by atoms with E-state index < -0.39 is 5.82 Å². The van der Waals surface area contributed by atoms with Gasteiger partial charge in [-0.25, -0.2) is 4.39 Å². The Morgan fingerprint density at radius 2 is 1.90 bits per heavy atom. The van der Waals surface area contributed by atoms with Crippen molar-refractivity contribution in [2.75, 3.05) is 26.2 Å². The van der Waals surface area contributed by atoms with Gasteiger partial charge < -0.3 is 15.0 Å². The molecule has 5 nitrogen and oxygen atoms in total. The van der Waals surface area contributed by atoms with Crippen LogP contribution >= 0.6 is 24.8 Å². The molecule has 164 valence electrons. The van der Waals surface area contributed by atoms with Gasteiger partial charge in [0.1, 0.15) is 18.2 Å². The smallest absolute Gasteiger partial charge is 0.257 e. The van der Waals surface area contributed by atoms with Crippen molar-refractivity contribution in [3.05, 3.63) is 84.4 Å². The van der Waals surface area contributed by atoms with E-state index in [1.807, 2.05) is 36.4 Å². The van der Waals surface area contributed by atoms with Gasteiger partial charge in [-0.1, -0.05) is 42.5 Å². The van der Waals surface area contributed by atoms with Crippen LogP contribution in [-0.2, 0) is 0 Å². The van der Waals surface area contributed by atoms with Crippen molar-refractivity contribution in [3.63, 3.8) is 0 Å². The summed E-state index contributed by atoms with van der Waals surface area (Å²) >= 11 is 0. The van der Waals surface area contributed by atoms with E-state index in [4.69, 9.17) is 4.74 Å². The predicted molar refractivity (Wildman–Crippen MR) is 124 cm³/mol. The lowest BCUT2D eigenvalue weighted by atomic mass is 10.0. The first-order chi connectivity index (χ1) is 14.2. The van der Waals surface area contributed by atoms with E-state index in [2.05, 4.69) is 10.3 Å². The highest BCUT2D eigenvalue weighted by Crippen LogP contribution is 2.26. The normalized spacial score (nSPS) is 15.4. The monoisotopic (exact) mass is 463 g/mol. The summed E-state index contributed by atoms with van der Waals surface area (Å²) < 4.78 is 21.0. The second kappa shape index (κ2) is 11.6. The molecule has 3 aromatic rings. The van der Waals surface area contributed by atoms with Crippen LogP contribution in [0.1, 0.15) is 10.4 Å². The van der Waals surface area contributed by atoms with Gasteiger partial charge in [0, 0.05) is 31.4 Å². The Morgan fingerprint density at radius 1 is 1.10 bits per heavy atom. The molecule has 1 saturated heterocycles. The van der Waals surface area contributed by atoms with Gasteiger partial charge in [-0.3, -0.25) is 9.78 Å². The molecule has 0 spiro atoms. The van der Waals surface area contributed by atoms with Gasteiger partial charge in [0.05, 0.1) is 17.8 Å².